The van der Waals surface area contributed by atoms with Crippen LogP contribution in [0.3, 0.4) is 0 Å². The molecule has 1 N–H and O–H groups in total. The number of rotatable bonds is 10. The van der Waals surface area contributed by atoms with E-state index in [0.29, 0.717) is 50.4 Å². The van der Waals surface area contributed by atoms with E-state index in [2.05, 4.69) is 37.0 Å². The molecule has 4 rings (SSSR count). The normalized spacial score (nSPS) is 12.1. The Morgan fingerprint density at radius 2 is 1.92 bits per heavy atom. The SMILES string of the molecule is CCOc1cc(C=Nn2c([C@@H](C)CC)nc3ccc(Br)cc3c2=O)cc(Br)c1OCc1cccc(C(=O)O)c1. The topological polar surface area (TPSA) is 103 Å². The van der Waals surface area contributed by atoms with Crippen LogP contribution in [0, 0.1) is 0 Å². The molecule has 0 saturated carbocycles. The second-order valence-corrected chi connectivity index (χ2v) is 10.6. The number of hydrogen-bond acceptors (Lipinski definition) is 6. The highest BCUT2D eigenvalue weighted by atomic mass is 79.9. The largest absolute Gasteiger partial charge is 0.490 e. The summed E-state index contributed by atoms with van der Waals surface area (Å²) in [6.45, 7) is 6.48. The molecule has 0 spiro atoms. The molecule has 3 aromatic carbocycles. The fourth-order valence-electron chi connectivity index (χ4n) is 3.92. The average Bonchev–Trinajstić information content (AvgIpc) is 2.92. The Morgan fingerprint density at radius 3 is 2.64 bits per heavy atom. The molecule has 0 bridgehead atoms. The maximum atomic E-state index is 13.4. The number of aromatic nitrogens is 2. The molecule has 0 amide bonds. The van der Waals surface area contributed by atoms with Crippen LogP contribution < -0.4 is 15.0 Å². The van der Waals surface area contributed by atoms with Crippen LogP contribution in [0.2, 0.25) is 0 Å². The standard InChI is InChI=1S/C29H27Br2N3O5/c1-4-17(3)27-33-24-10-9-21(30)14-22(24)28(35)34(27)32-15-19-12-23(31)26(25(13-19)38-5-2)39-16-18-7-6-8-20(11-18)29(36)37/h6-15,17H,4-5,16H2,1-3H3,(H,36,37)/t17-/m0/s1. The molecule has 8 nitrogen and oxygen atoms in total. The van der Waals surface area contributed by atoms with Gasteiger partial charge in [-0.3, -0.25) is 4.79 Å². The zero-order valence-corrected chi connectivity index (χ0v) is 24.8. The number of aromatic carboxylic acids is 1. The zero-order chi connectivity index (χ0) is 28.1. The van der Waals surface area contributed by atoms with E-state index < -0.39 is 5.97 Å². The number of hydrogen-bond donors (Lipinski definition) is 1. The summed E-state index contributed by atoms with van der Waals surface area (Å²) in [4.78, 5) is 29.5. The van der Waals surface area contributed by atoms with Crippen molar-refractivity contribution in [1.29, 1.82) is 0 Å². The van der Waals surface area contributed by atoms with E-state index in [4.69, 9.17) is 14.5 Å². The monoisotopic (exact) mass is 655 g/mol. The van der Waals surface area contributed by atoms with E-state index in [1.54, 1.807) is 36.5 Å². The van der Waals surface area contributed by atoms with E-state index >= 15 is 0 Å². The van der Waals surface area contributed by atoms with Crippen molar-refractivity contribution in [2.24, 2.45) is 5.10 Å². The van der Waals surface area contributed by atoms with Gasteiger partial charge in [0.15, 0.2) is 11.5 Å². The smallest absolute Gasteiger partial charge is 0.335 e. The van der Waals surface area contributed by atoms with Crippen molar-refractivity contribution in [2.75, 3.05) is 6.61 Å². The van der Waals surface area contributed by atoms with Crippen molar-refractivity contribution in [1.82, 2.24) is 9.66 Å². The molecule has 10 heteroatoms. The van der Waals surface area contributed by atoms with Gasteiger partial charge in [0.1, 0.15) is 12.4 Å². The third-order valence-electron chi connectivity index (χ3n) is 6.10. The second-order valence-electron chi connectivity index (χ2n) is 8.86. The number of benzene rings is 3. The predicted molar refractivity (Wildman–Crippen MR) is 158 cm³/mol. The summed E-state index contributed by atoms with van der Waals surface area (Å²) in [5.74, 6) is 0.564. The van der Waals surface area contributed by atoms with Crippen LogP contribution in [0.5, 0.6) is 11.5 Å². The molecule has 202 valence electrons. The van der Waals surface area contributed by atoms with Gasteiger partial charge >= 0.3 is 5.97 Å². The Balaban J connectivity index is 1.69. The number of carbonyl (C=O) groups is 1. The molecule has 0 aliphatic rings. The van der Waals surface area contributed by atoms with Crippen molar-refractivity contribution in [3.63, 3.8) is 0 Å². The van der Waals surface area contributed by atoms with Crippen LogP contribution in [0.4, 0.5) is 0 Å². The number of nitrogens with zero attached hydrogens (tertiary/aromatic N) is 3. The Labute approximate surface area is 242 Å². The number of carboxylic acid groups (broad SMARTS) is 1. The summed E-state index contributed by atoms with van der Waals surface area (Å²) in [5, 5.41) is 14.3. The van der Waals surface area contributed by atoms with Crippen LogP contribution in [0.25, 0.3) is 10.9 Å². The minimum atomic E-state index is -0.999. The first-order valence-corrected chi connectivity index (χ1v) is 14.0. The van der Waals surface area contributed by atoms with Gasteiger partial charge in [-0.25, -0.2) is 9.78 Å². The van der Waals surface area contributed by atoms with Crippen LogP contribution in [-0.4, -0.2) is 33.6 Å². The lowest BCUT2D eigenvalue weighted by molar-refractivity contribution is 0.0696. The molecule has 0 aliphatic carbocycles. The second kappa shape index (κ2) is 12.6. The highest BCUT2D eigenvalue weighted by Gasteiger charge is 2.17. The first-order chi connectivity index (χ1) is 18.7. The average molecular weight is 657 g/mol. The van der Waals surface area contributed by atoms with E-state index in [1.165, 1.54) is 10.7 Å². The molecular weight excluding hydrogens is 630 g/mol. The summed E-state index contributed by atoms with van der Waals surface area (Å²) in [6.07, 6.45) is 2.39. The van der Waals surface area contributed by atoms with Crippen LogP contribution in [0.1, 0.15) is 60.4 Å². The molecule has 0 saturated heterocycles. The van der Waals surface area contributed by atoms with E-state index in [0.717, 1.165) is 10.9 Å². The van der Waals surface area contributed by atoms with E-state index in [-0.39, 0.29) is 23.6 Å². The molecule has 1 heterocycles. The first kappa shape index (κ1) is 28.5. The molecular formula is C29H27Br2N3O5. The van der Waals surface area contributed by atoms with Crippen LogP contribution in [0.15, 0.2) is 73.4 Å². The van der Waals surface area contributed by atoms with Crippen LogP contribution in [-0.2, 0) is 6.61 Å². The van der Waals surface area contributed by atoms with E-state index in [9.17, 15) is 14.7 Å². The quantitative estimate of drug-likeness (QED) is 0.185. The third kappa shape index (κ3) is 6.57. The molecule has 1 aromatic heterocycles. The van der Waals surface area contributed by atoms with Crippen molar-refractivity contribution >= 4 is 54.9 Å². The summed E-state index contributed by atoms with van der Waals surface area (Å²) < 4.78 is 14.6. The number of carboxylic acids is 1. The Kier molecular flexibility index (Phi) is 9.19. The molecule has 0 unspecified atom stereocenters. The summed E-state index contributed by atoms with van der Waals surface area (Å²) in [7, 11) is 0. The lowest BCUT2D eigenvalue weighted by Gasteiger charge is -2.15. The maximum absolute atomic E-state index is 13.4. The van der Waals surface area contributed by atoms with Gasteiger partial charge in [-0.1, -0.05) is 41.9 Å². The minimum absolute atomic E-state index is 0.0176. The fraction of sp³-hybridized carbons (Fsp3) is 0.241. The fourth-order valence-corrected chi connectivity index (χ4v) is 4.85. The van der Waals surface area contributed by atoms with Crippen molar-refractivity contribution in [3.8, 4) is 11.5 Å². The van der Waals surface area contributed by atoms with Gasteiger partial charge in [0.2, 0.25) is 0 Å². The van der Waals surface area contributed by atoms with Gasteiger partial charge in [-0.05, 0) is 82.9 Å². The summed E-state index contributed by atoms with van der Waals surface area (Å²) in [5.41, 5.74) is 1.96. The lowest BCUT2D eigenvalue weighted by atomic mass is 10.1. The molecule has 4 aromatic rings. The molecule has 0 fully saturated rings. The number of ether oxygens (including phenoxy) is 2. The maximum Gasteiger partial charge on any atom is 0.335 e. The van der Waals surface area contributed by atoms with Gasteiger partial charge in [0.25, 0.3) is 5.56 Å². The Hall–Kier alpha value is -3.50. The van der Waals surface area contributed by atoms with Gasteiger partial charge in [-0.2, -0.15) is 9.78 Å². The van der Waals surface area contributed by atoms with Gasteiger partial charge in [0, 0.05) is 10.4 Å². The number of halogens is 2. The molecule has 1 atom stereocenters. The van der Waals surface area contributed by atoms with Gasteiger partial charge in [-0.15, -0.1) is 0 Å². The Morgan fingerprint density at radius 1 is 1.13 bits per heavy atom. The van der Waals surface area contributed by atoms with Crippen molar-refractivity contribution in [3.05, 3.63) is 96.4 Å². The molecule has 39 heavy (non-hydrogen) atoms. The van der Waals surface area contributed by atoms with Crippen molar-refractivity contribution < 1.29 is 19.4 Å². The predicted octanol–water partition coefficient (Wildman–Crippen LogP) is 6.99. The van der Waals surface area contributed by atoms with E-state index in [1.807, 2.05) is 39.0 Å². The third-order valence-corrected chi connectivity index (χ3v) is 7.18. The Bertz CT molecular complexity index is 1620. The highest BCUT2D eigenvalue weighted by molar-refractivity contribution is 9.10. The first-order valence-electron chi connectivity index (χ1n) is 12.4. The van der Waals surface area contributed by atoms with Gasteiger partial charge in [0.05, 0.1) is 33.8 Å². The summed E-state index contributed by atoms with van der Waals surface area (Å²) in [6, 6.07) is 15.6. The van der Waals surface area contributed by atoms with Crippen LogP contribution >= 0.6 is 31.9 Å². The van der Waals surface area contributed by atoms with Crippen molar-refractivity contribution in [2.45, 2.75) is 39.7 Å². The minimum Gasteiger partial charge on any atom is -0.490 e. The summed E-state index contributed by atoms with van der Waals surface area (Å²) >= 11 is 6.99. The number of fused-ring (bicyclic) bond motifs is 1. The zero-order valence-electron chi connectivity index (χ0n) is 21.6. The molecule has 0 radical (unpaired) electrons. The lowest BCUT2D eigenvalue weighted by Crippen LogP contribution is -2.23. The highest BCUT2D eigenvalue weighted by Crippen LogP contribution is 2.37. The molecule has 0 aliphatic heterocycles. The van der Waals surface area contributed by atoms with Gasteiger partial charge < -0.3 is 14.6 Å².